The molecule has 0 aromatic heterocycles. The van der Waals surface area contributed by atoms with Gasteiger partial charge in [-0.15, -0.1) is 0 Å². The summed E-state index contributed by atoms with van der Waals surface area (Å²) in [6.45, 7) is 0.317. The molecule has 1 fully saturated rings. The molecule has 0 bridgehead atoms. The molecule has 122 valence electrons. The van der Waals surface area contributed by atoms with Crippen LogP contribution < -0.4 is 10.0 Å². The van der Waals surface area contributed by atoms with E-state index in [0.29, 0.717) is 11.4 Å². The molecule has 0 unspecified atom stereocenters. The van der Waals surface area contributed by atoms with Crippen LogP contribution in [0, 0.1) is 5.92 Å². The van der Waals surface area contributed by atoms with Gasteiger partial charge in [-0.25, -0.2) is 21.1 Å². The van der Waals surface area contributed by atoms with Crippen molar-refractivity contribution in [3.63, 3.8) is 0 Å². The van der Waals surface area contributed by atoms with Gasteiger partial charge in [0.25, 0.3) is 0 Å². The Hall–Kier alpha value is -1.65. The number of nitrogens with zero attached hydrogens (tertiary/aromatic N) is 1. The highest BCUT2D eigenvalue weighted by molar-refractivity contribution is 7.92. The van der Waals surface area contributed by atoms with Crippen molar-refractivity contribution >= 4 is 37.3 Å². The molecule has 0 radical (unpaired) electrons. The first kappa shape index (κ1) is 16.7. The summed E-state index contributed by atoms with van der Waals surface area (Å²) in [5, 5.41) is 2.65. The van der Waals surface area contributed by atoms with Crippen molar-refractivity contribution in [2.45, 2.75) is 0 Å². The molecule has 1 heterocycles. The second kappa shape index (κ2) is 5.86. The Balaban J connectivity index is 1.97. The quantitative estimate of drug-likeness (QED) is 0.771. The summed E-state index contributed by atoms with van der Waals surface area (Å²) < 4.78 is 48.4. The van der Waals surface area contributed by atoms with Crippen LogP contribution in [0.25, 0.3) is 0 Å². The van der Waals surface area contributed by atoms with Crippen LogP contribution in [0.1, 0.15) is 0 Å². The Kier molecular flexibility index (Phi) is 4.45. The summed E-state index contributed by atoms with van der Waals surface area (Å²) in [5.74, 6) is -0.697. The molecule has 1 amide bonds. The van der Waals surface area contributed by atoms with Crippen LogP contribution in [-0.4, -0.2) is 52.6 Å². The van der Waals surface area contributed by atoms with Gasteiger partial charge < -0.3 is 5.32 Å². The van der Waals surface area contributed by atoms with Gasteiger partial charge in [0, 0.05) is 18.8 Å². The van der Waals surface area contributed by atoms with Crippen molar-refractivity contribution in [3.8, 4) is 0 Å². The van der Waals surface area contributed by atoms with Gasteiger partial charge >= 0.3 is 0 Å². The van der Waals surface area contributed by atoms with Crippen LogP contribution in [0.4, 0.5) is 11.4 Å². The average molecular weight is 347 g/mol. The lowest BCUT2D eigenvalue weighted by Crippen LogP contribution is -2.53. The van der Waals surface area contributed by atoms with Crippen molar-refractivity contribution in [1.82, 2.24) is 4.31 Å². The first-order valence-corrected chi connectivity index (χ1v) is 10.1. The van der Waals surface area contributed by atoms with Crippen molar-refractivity contribution in [1.29, 1.82) is 0 Å². The van der Waals surface area contributed by atoms with Crippen LogP contribution >= 0.6 is 0 Å². The molecule has 1 aliphatic rings. The minimum atomic E-state index is -3.39. The molecule has 1 saturated heterocycles. The van der Waals surface area contributed by atoms with Gasteiger partial charge in [-0.05, 0) is 18.2 Å². The summed E-state index contributed by atoms with van der Waals surface area (Å²) in [6, 6.07) is 6.28. The molecule has 2 rings (SSSR count). The predicted octanol–water partition coefficient (Wildman–Crippen LogP) is -0.112. The van der Waals surface area contributed by atoms with Crippen LogP contribution in [0.3, 0.4) is 0 Å². The Morgan fingerprint density at radius 1 is 1.14 bits per heavy atom. The molecule has 1 aromatic carbocycles. The van der Waals surface area contributed by atoms with E-state index in [0.717, 1.165) is 12.5 Å². The standard InChI is InChI=1S/C12H17N3O5S2/c1-21(17,18)14-11-5-3-4-10(6-11)13-12(16)9-7-15(8-9)22(2,19)20/h3-6,9,14H,7-8H2,1-2H3,(H,13,16). The van der Waals surface area contributed by atoms with Gasteiger partial charge in [-0.1, -0.05) is 6.07 Å². The number of carbonyl (C=O) groups is 1. The van der Waals surface area contributed by atoms with E-state index >= 15 is 0 Å². The highest BCUT2D eigenvalue weighted by Gasteiger charge is 2.37. The lowest BCUT2D eigenvalue weighted by Gasteiger charge is -2.35. The lowest BCUT2D eigenvalue weighted by molar-refractivity contribution is -0.122. The Morgan fingerprint density at radius 3 is 2.27 bits per heavy atom. The van der Waals surface area contributed by atoms with E-state index in [1.54, 1.807) is 18.2 Å². The number of sulfonamides is 2. The first-order valence-electron chi connectivity index (χ1n) is 6.38. The molecule has 0 spiro atoms. The Morgan fingerprint density at radius 2 is 1.73 bits per heavy atom. The highest BCUT2D eigenvalue weighted by atomic mass is 32.2. The van der Waals surface area contributed by atoms with E-state index in [2.05, 4.69) is 10.0 Å². The van der Waals surface area contributed by atoms with E-state index in [9.17, 15) is 21.6 Å². The Labute approximate surface area is 129 Å². The zero-order valence-electron chi connectivity index (χ0n) is 12.1. The third-order valence-corrected chi connectivity index (χ3v) is 4.96. The molecule has 22 heavy (non-hydrogen) atoms. The van der Waals surface area contributed by atoms with Crippen LogP contribution in [-0.2, 0) is 24.8 Å². The zero-order valence-corrected chi connectivity index (χ0v) is 13.7. The van der Waals surface area contributed by atoms with Crippen molar-refractivity contribution in [2.75, 3.05) is 35.6 Å². The number of benzene rings is 1. The topological polar surface area (TPSA) is 113 Å². The second-order valence-electron chi connectivity index (χ2n) is 5.22. The van der Waals surface area contributed by atoms with Crippen molar-refractivity contribution < 1.29 is 21.6 Å². The minimum absolute atomic E-state index is 0.159. The fourth-order valence-corrected chi connectivity index (χ4v) is 3.45. The van der Waals surface area contributed by atoms with E-state index in [-0.39, 0.29) is 19.0 Å². The third kappa shape index (κ3) is 4.42. The smallest absolute Gasteiger partial charge is 0.230 e. The lowest BCUT2D eigenvalue weighted by atomic mass is 10.0. The van der Waals surface area contributed by atoms with Crippen LogP contribution in [0.15, 0.2) is 24.3 Å². The molecule has 1 aliphatic heterocycles. The van der Waals surface area contributed by atoms with Gasteiger partial charge in [0.1, 0.15) is 0 Å². The summed E-state index contributed by atoms with van der Waals surface area (Å²) in [7, 11) is -6.65. The number of amides is 1. The van der Waals surface area contributed by atoms with Crippen molar-refractivity contribution in [3.05, 3.63) is 24.3 Å². The molecule has 0 saturated carbocycles. The molecular weight excluding hydrogens is 330 g/mol. The molecule has 0 aliphatic carbocycles. The normalized spacial score (nSPS) is 16.8. The monoisotopic (exact) mass is 347 g/mol. The van der Waals surface area contributed by atoms with Crippen LogP contribution in [0.5, 0.6) is 0 Å². The van der Waals surface area contributed by atoms with E-state index in [4.69, 9.17) is 0 Å². The summed E-state index contributed by atoms with van der Waals surface area (Å²) in [4.78, 5) is 12.0. The number of nitrogens with one attached hydrogen (secondary N) is 2. The largest absolute Gasteiger partial charge is 0.326 e. The maximum Gasteiger partial charge on any atom is 0.230 e. The predicted molar refractivity (Wildman–Crippen MR) is 83.4 cm³/mol. The molecule has 0 atom stereocenters. The maximum absolute atomic E-state index is 12.0. The summed E-state index contributed by atoms with van der Waals surface area (Å²) in [5.41, 5.74) is 0.781. The van der Waals surface area contributed by atoms with E-state index in [1.165, 1.54) is 10.4 Å². The molecule has 10 heteroatoms. The number of anilines is 2. The van der Waals surface area contributed by atoms with Crippen molar-refractivity contribution in [2.24, 2.45) is 5.92 Å². The minimum Gasteiger partial charge on any atom is -0.326 e. The van der Waals surface area contributed by atoms with Gasteiger partial charge in [-0.2, -0.15) is 0 Å². The Bertz CT molecular complexity index is 783. The number of carbonyl (C=O) groups excluding carboxylic acids is 1. The van der Waals surface area contributed by atoms with Crippen LogP contribution in [0.2, 0.25) is 0 Å². The molecule has 8 nitrogen and oxygen atoms in total. The SMILES string of the molecule is CS(=O)(=O)Nc1cccc(NC(=O)C2CN(S(C)(=O)=O)C2)c1. The maximum atomic E-state index is 12.0. The summed E-state index contributed by atoms with van der Waals surface area (Å²) in [6.07, 6.45) is 2.13. The molecular formula is C12H17N3O5S2. The number of hydrogen-bond donors (Lipinski definition) is 2. The van der Waals surface area contributed by atoms with Gasteiger partial charge in [-0.3, -0.25) is 9.52 Å². The second-order valence-corrected chi connectivity index (χ2v) is 8.95. The van der Waals surface area contributed by atoms with Gasteiger partial charge in [0.05, 0.1) is 24.1 Å². The summed E-state index contributed by atoms with van der Waals surface area (Å²) >= 11 is 0. The fourth-order valence-electron chi connectivity index (χ4n) is 1.99. The number of rotatable bonds is 5. The van der Waals surface area contributed by atoms with Gasteiger partial charge in [0.15, 0.2) is 0 Å². The zero-order chi connectivity index (χ0) is 16.5. The highest BCUT2D eigenvalue weighted by Crippen LogP contribution is 2.22. The first-order chi connectivity index (χ1) is 10.0. The van der Waals surface area contributed by atoms with E-state index < -0.39 is 26.0 Å². The van der Waals surface area contributed by atoms with Gasteiger partial charge in [0.2, 0.25) is 26.0 Å². The third-order valence-electron chi connectivity index (χ3n) is 3.12. The van der Waals surface area contributed by atoms with E-state index in [1.807, 2.05) is 0 Å². The fraction of sp³-hybridized carbons (Fsp3) is 0.417. The molecule has 2 N–H and O–H groups in total. The average Bonchev–Trinajstić information content (AvgIpc) is 2.22. The molecule has 1 aromatic rings. The number of hydrogen-bond acceptors (Lipinski definition) is 5.